The van der Waals surface area contributed by atoms with Crippen LogP contribution >= 0.6 is 11.5 Å². The standard InChI is InChI=1S/C14H24N4O2S/c1-14(2,3)12-15-13(21-16-12)18-9-7-17(8-10-18)6-5-11(19)20-4/h5-10H2,1-4H3. The van der Waals surface area contributed by atoms with Crippen molar-refractivity contribution in [2.45, 2.75) is 32.6 Å². The van der Waals surface area contributed by atoms with E-state index in [0.29, 0.717) is 6.42 Å². The highest BCUT2D eigenvalue weighted by Gasteiger charge is 2.24. The molecule has 1 aromatic heterocycles. The molecule has 1 aliphatic heterocycles. The average Bonchev–Trinajstić information content (AvgIpc) is 2.95. The van der Waals surface area contributed by atoms with Gasteiger partial charge in [0.05, 0.1) is 13.5 Å². The molecule has 0 aromatic carbocycles. The van der Waals surface area contributed by atoms with Crippen molar-refractivity contribution in [2.75, 3.05) is 44.7 Å². The first-order valence-electron chi connectivity index (χ1n) is 7.28. The number of anilines is 1. The maximum Gasteiger partial charge on any atom is 0.306 e. The summed E-state index contributed by atoms with van der Waals surface area (Å²) in [4.78, 5) is 20.4. The minimum atomic E-state index is -0.142. The fourth-order valence-corrected chi connectivity index (χ4v) is 3.07. The minimum Gasteiger partial charge on any atom is -0.469 e. The average molecular weight is 312 g/mol. The third-order valence-corrected chi connectivity index (χ3v) is 4.37. The number of hydrogen-bond donors (Lipinski definition) is 0. The fourth-order valence-electron chi connectivity index (χ4n) is 2.16. The van der Waals surface area contributed by atoms with E-state index in [1.54, 1.807) is 0 Å². The van der Waals surface area contributed by atoms with E-state index in [4.69, 9.17) is 0 Å². The van der Waals surface area contributed by atoms with Crippen LogP contribution in [-0.4, -0.2) is 60.1 Å². The summed E-state index contributed by atoms with van der Waals surface area (Å²) in [5, 5.41) is 1.01. The molecule has 118 valence electrons. The Hall–Kier alpha value is -1.21. The minimum absolute atomic E-state index is 0.00289. The van der Waals surface area contributed by atoms with Crippen molar-refractivity contribution in [1.29, 1.82) is 0 Å². The number of esters is 1. The Bertz CT molecular complexity index is 476. The van der Waals surface area contributed by atoms with Gasteiger partial charge in [0, 0.05) is 49.7 Å². The van der Waals surface area contributed by atoms with Gasteiger partial charge in [-0.15, -0.1) is 0 Å². The van der Waals surface area contributed by atoms with Gasteiger partial charge in [-0.05, 0) is 0 Å². The van der Waals surface area contributed by atoms with Gasteiger partial charge in [-0.2, -0.15) is 4.37 Å². The van der Waals surface area contributed by atoms with Gasteiger partial charge in [0.25, 0.3) is 0 Å². The van der Waals surface area contributed by atoms with Crippen LogP contribution in [0, 0.1) is 0 Å². The van der Waals surface area contributed by atoms with Crippen molar-refractivity contribution < 1.29 is 9.53 Å². The number of carbonyl (C=O) groups excluding carboxylic acids is 1. The first-order chi connectivity index (χ1) is 9.90. The smallest absolute Gasteiger partial charge is 0.306 e. The molecular formula is C14H24N4O2S. The molecule has 0 amide bonds. The molecule has 0 spiro atoms. The number of methoxy groups -OCH3 is 1. The van der Waals surface area contributed by atoms with E-state index < -0.39 is 0 Å². The SMILES string of the molecule is COC(=O)CCN1CCN(c2nc(C(C)(C)C)ns2)CC1. The Kier molecular flexibility index (Phi) is 5.16. The molecule has 1 aliphatic rings. The summed E-state index contributed by atoms with van der Waals surface area (Å²) >= 11 is 1.48. The lowest BCUT2D eigenvalue weighted by Crippen LogP contribution is -2.47. The van der Waals surface area contributed by atoms with Gasteiger partial charge >= 0.3 is 5.97 Å². The molecule has 2 rings (SSSR count). The third-order valence-electron chi connectivity index (χ3n) is 3.59. The van der Waals surface area contributed by atoms with Crippen molar-refractivity contribution >= 4 is 22.6 Å². The van der Waals surface area contributed by atoms with Crippen molar-refractivity contribution in [3.05, 3.63) is 5.82 Å². The van der Waals surface area contributed by atoms with Crippen LogP contribution in [-0.2, 0) is 14.9 Å². The quantitative estimate of drug-likeness (QED) is 0.786. The maximum atomic E-state index is 11.2. The van der Waals surface area contributed by atoms with E-state index in [1.165, 1.54) is 18.6 Å². The molecule has 0 saturated carbocycles. The second-order valence-electron chi connectivity index (χ2n) is 6.31. The summed E-state index contributed by atoms with van der Waals surface area (Å²) in [7, 11) is 1.43. The van der Waals surface area contributed by atoms with Gasteiger partial charge < -0.3 is 9.64 Å². The van der Waals surface area contributed by atoms with Gasteiger partial charge in [0.1, 0.15) is 5.82 Å². The van der Waals surface area contributed by atoms with Crippen LogP contribution in [0.1, 0.15) is 33.0 Å². The Morgan fingerprint density at radius 2 is 1.95 bits per heavy atom. The Labute approximate surface area is 130 Å². The van der Waals surface area contributed by atoms with Crippen LogP contribution in [0.3, 0.4) is 0 Å². The number of hydrogen-bond acceptors (Lipinski definition) is 7. The summed E-state index contributed by atoms with van der Waals surface area (Å²) < 4.78 is 9.14. The molecule has 0 unspecified atom stereocenters. The Balaban J connectivity index is 1.84. The lowest BCUT2D eigenvalue weighted by Gasteiger charge is -2.34. The van der Waals surface area contributed by atoms with Crippen molar-refractivity contribution in [2.24, 2.45) is 0 Å². The van der Waals surface area contributed by atoms with Crippen LogP contribution in [0.25, 0.3) is 0 Å². The lowest BCUT2D eigenvalue weighted by molar-refractivity contribution is -0.141. The Morgan fingerprint density at radius 1 is 1.29 bits per heavy atom. The van der Waals surface area contributed by atoms with Gasteiger partial charge in [-0.25, -0.2) is 4.98 Å². The van der Waals surface area contributed by atoms with Crippen LogP contribution in [0.5, 0.6) is 0 Å². The Morgan fingerprint density at radius 3 is 2.48 bits per heavy atom. The van der Waals surface area contributed by atoms with Crippen molar-refractivity contribution in [3.8, 4) is 0 Å². The van der Waals surface area contributed by atoms with Gasteiger partial charge in [-0.3, -0.25) is 9.69 Å². The second kappa shape index (κ2) is 6.70. The molecule has 21 heavy (non-hydrogen) atoms. The number of aromatic nitrogens is 2. The van der Waals surface area contributed by atoms with E-state index in [1.807, 2.05) is 0 Å². The fraction of sp³-hybridized carbons (Fsp3) is 0.786. The van der Waals surface area contributed by atoms with Crippen LogP contribution < -0.4 is 4.90 Å². The monoisotopic (exact) mass is 312 g/mol. The molecule has 1 fully saturated rings. The van der Waals surface area contributed by atoms with Crippen molar-refractivity contribution in [3.63, 3.8) is 0 Å². The van der Waals surface area contributed by atoms with Gasteiger partial charge in [-0.1, -0.05) is 20.8 Å². The molecule has 0 radical (unpaired) electrons. The molecule has 0 atom stereocenters. The van der Waals surface area contributed by atoms with E-state index in [9.17, 15) is 4.79 Å². The second-order valence-corrected chi connectivity index (χ2v) is 7.04. The molecular weight excluding hydrogens is 288 g/mol. The summed E-state index contributed by atoms with van der Waals surface area (Å²) in [6.45, 7) is 10.9. The van der Waals surface area contributed by atoms with Crippen LogP contribution in [0.2, 0.25) is 0 Å². The van der Waals surface area contributed by atoms with Crippen LogP contribution in [0.4, 0.5) is 5.13 Å². The molecule has 1 aromatic rings. The van der Waals surface area contributed by atoms with E-state index in [2.05, 4.69) is 44.7 Å². The lowest BCUT2D eigenvalue weighted by atomic mass is 9.96. The number of nitrogens with zero attached hydrogens (tertiary/aromatic N) is 4. The topological polar surface area (TPSA) is 58.6 Å². The normalized spacial score (nSPS) is 17.0. The highest BCUT2D eigenvalue weighted by Crippen LogP contribution is 2.25. The van der Waals surface area contributed by atoms with Crippen LogP contribution in [0.15, 0.2) is 0 Å². The predicted molar refractivity (Wildman–Crippen MR) is 83.9 cm³/mol. The molecule has 0 bridgehead atoms. The summed E-state index contributed by atoms with van der Waals surface area (Å²) in [6.07, 6.45) is 0.462. The number of ether oxygens (including phenoxy) is 1. The maximum absolute atomic E-state index is 11.2. The molecule has 1 saturated heterocycles. The first-order valence-corrected chi connectivity index (χ1v) is 8.06. The zero-order valence-corrected chi connectivity index (χ0v) is 14.1. The molecule has 0 aliphatic carbocycles. The van der Waals surface area contributed by atoms with Crippen molar-refractivity contribution in [1.82, 2.24) is 14.3 Å². The number of rotatable bonds is 4. The molecule has 2 heterocycles. The molecule has 7 heteroatoms. The third kappa shape index (κ3) is 4.38. The predicted octanol–water partition coefficient (Wildman–Crippen LogP) is 1.52. The largest absolute Gasteiger partial charge is 0.469 e. The summed E-state index contributed by atoms with van der Waals surface area (Å²) in [5.74, 6) is 0.770. The van der Waals surface area contributed by atoms with E-state index in [-0.39, 0.29) is 11.4 Å². The number of piperazine rings is 1. The highest BCUT2D eigenvalue weighted by atomic mass is 32.1. The van der Waals surface area contributed by atoms with E-state index >= 15 is 0 Å². The summed E-state index contributed by atoms with van der Waals surface area (Å²) in [5.41, 5.74) is -0.00289. The zero-order valence-electron chi connectivity index (χ0n) is 13.3. The molecule has 6 nitrogen and oxygen atoms in total. The highest BCUT2D eigenvalue weighted by molar-refractivity contribution is 7.09. The molecule has 0 N–H and O–H groups in total. The first kappa shape index (κ1) is 16.2. The van der Waals surface area contributed by atoms with Gasteiger partial charge in [0.15, 0.2) is 0 Å². The van der Waals surface area contributed by atoms with Gasteiger partial charge in [0.2, 0.25) is 5.13 Å². The summed E-state index contributed by atoms with van der Waals surface area (Å²) in [6, 6.07) is 0. The zero-order chi connectivity index (χ0) is 15.5. The number of carbonyl (C=O) groups is 1. The van der Waals surface area contributed by atoms with E-state index in [0.717, 1.165) is 43.7 Å².